The van der Waals surface area contributed by atoms with E-state index < -0.39 is 0 Å². The van der Waals surface area contributed by atoms with E-state index in [0.29, 0.717) is 22.8 Å². The summed E-state index contributed by atoms with van der Waals surface area (Å²) in [6.07, 6.45) is 0. The van der Waals surface area contributed by atoms with E-state index in [9.17, 15) is 9.59 Å². The molecule has 0 fully saturated rings. The van der Waals surface area contributed by atoms with E-state index in [1.807, 2.05) is 57.2 Å². The zero-order valence-electron chi connectivity index (χ0n) is 17.7. The zero-order valence-corrected chi connectivity index (χ0v) is 18.5. The number of urea groups is 1. The molecule has 162 valence electrons. The predicted octanol–water partition coefficient (Wildman–Crippen LogP) is 3.76. The Morgan fingerprint density at radius 2 is 1.77 bits per heavy atom. The maximum Gasteiger partial charge on any atom is 0.319 e. The number of benzene rings is 2. The number of carbonyl (C=O) groups excluding carboxylic acids is 2. The molecule has 1 aromatic heterocycles. The van der Waals surface area contributed by atoms with Gasteiger partial charge in [-0.2, -0.15) is 5.10 Å². The number of aromatic nitrogens is 3. The molecule has 3 aromatic rings. The van der Waals surface area contributed by atoms with Gasteiger partial charge >= 0.3 is 6.03 Å². The Kier molecular flexibility index (Phi) is 7.19. The zero-order chi connectivity index (χ0) is 22.4. The van der Waals surface area contributed by atoms with Crippen LogP contribution in [0.1, 0.15) is 25.0 Å². The second-order valence-electron chi connectivity index (χ2n) is 7.53. The van der Waals surface area contributed by atoms with Gasteiger partial charge in [0.1, 0.15) is 6.54 Å². The molecular weight excluding hydrogens is 412 g/mol. The topological polar surface area (TPSA) is 104 Å². The normalized spacial score (nSPS) is 10.7. The van der Waals surface area contributed by atoms with Gasteiger partial charge in [0.25, 0.3) is 0 Å². The van der Waals surface area contributed by atoms with Gasteiger partial charge < -0.3 is 16.0 Å². The minimum Gasteiger partial charge on any atom is -0.350 e. The Bertz CT molecular complexity index is 1100. The van der Waals surface area contributed by atoms with Crippen LogP contribution in [0, 0.1) is 11.7 Å². The number of aryl methyl sites for hydroxylation is 1. The number of hydrogen-bond donors (Lipinski definition) is 4. The molecule has 9 heteroatoms. The molecular formula is C22H26N6O2S. The fraction of sp³-hybridized carbons (Fsp3) is 0.273. The summed E-state index contributed by atoms with van der Waals surface area (Å²) >= 11 is 5.29. The van der Waals surface area contributed by atoms with Gasteiger partial charge in [0.05, 0.1) is 0 Å². The summed E-state index contributed by atoms with van der Waals surface area (Å²) in [5, 5.41) is 15.4. The number of amides is 3. The number of carbonyl (C=O) groups is 2. The fourth-order valence-electron chi connectivity index (χ4n) is 2.92. The van der Waals surface area contributed by atoms with Gasteiger partial charge in [-0.3, -0.25) is 14.5 Å². The van der Waals surface area contributed by atoms with E-state index >= 15 is 0 Å². The molecule has 0 aliphatic carbocycles. The minimum absolute atomic E-state index is 0.0599. The van der Waals surface area contributed by atoms with Crippen LogP contribution in [0.5, 0.6) is 0 Å². The number of H-pyrrole nitrogens is 1. The first-order chi connectivity index (χ1) is 14.8. The van der Waals surface area contributed by atoms with Crippen molar-refractivity contribution in [1.29, 1.82) is 0 Å². The van der Waals surface area contributed by atoms with Crippen LogP contribution < -0.4 is 16.0 Å². The first-order valence-corrected chi connectivity index (χ1v) is 10.4. The second-order valence-corrected chi connectivity index (χ2v) is 7.92. The summed E-state index contributed by atoms with van der Waals surface area (Å²) in [5.41, 5.74) is 3.62. The minimum atomic E-state index is -0.253. The number of anilines is 1. The van der Waals surface area contributed by atoms with Crippen LogP contribution in [0.25, 0.3) is 11.4 Å². The van der Waals surface area contributed by atoms with Gasteiger partial charge in [0.15, 0.2) is 10.6 Å². The standard InChI is InChI=1S/C22H26N6O2S/c1-14(2)24-21(30)25-18-10-6-16(7-11-18)12-23-19(29)13-28-20(26-27-22(28)31)17-8-4-15(3)5-9-17/h4-11,14H,12-13H2,1-3H3,(H,23,29)(H,27,31)(H2,24,25,30). The van der Waals surface area contributed by atoms with Crippen LogP contribution >= 0.6 is 12.2 Å². The third kappa shape index (κ3) is 6.26. The average molecular weight is 439 g/mol. The summed E-state index contributed by atoms with van der Waals surface area (Å²) in [5.74, 6) is 0.444. The highest BCUT2D eigenvalue weighted by Crippen LogP contribution is 2.18. The lowest BCUT2D eigenvalue weighted by atomic mass is 10.1. The predicted molar refractivity (Wildman–Crippen MR) is 123 cm³/mol. The Hall–Kier alpha value is -3.46. The van der Waals surface area contributed by atoms with Gasteiger partial charge in [-0.05, 0) is 50.7 Å². The molecule has 1 heterocycles. The van der Waals surface area contributed by atoms with E-state index in [4.69, 9.17) is 12.2 Å². The highest BCUT2D eigenvalue weighted by atomic mass is 32.1. The van der Waals surface area contributed by atoms with Crippen LogP contribution in [-0.2, 0) is 17.9 Å². The number of aromatic amines is 1. The Morgan fingerprint density at radius 3 is 2.42 bits per heavy atom. The average Bonchev–Trinajstić information content (AvgIpc) is 3.07. The molecule has 0 aliphatic heterocycles. The number of nitrogens with zero attached hydrogens (tertiary/aromatic N) is 2. The van der Waals surface area contributed by atoms with Gasteiger partial charge in [0, 0.05) is 23.8 Å². The van der Waals surface area contributed by atoms with Crippen LogP contribution in [0.15, 0.2) is 48.5 Å². The van der Waals surface area contributed by atoms with E-state index in [-0.39, 0.29) is 24.5 Å². The summed E-state index contributed by atoms with van der Waals surface area (Å²) < 4.78 is 2.07. The van der Waals surface area contributed by atoms with Crippen molar-refractivity contribution < 1.29 is 9.59 Å². The van der Waals surface area contributed by atoms with Crippen molar-refractivity contribution in [3.05, 3.63) is 64.4 Å². The van der Waals surface area contributed by atoms with Crippen molar-refractivity contribution in [3.63, 3.8) is 0 Å². The Morgan fingerprint density at radius 1 is 1.10 bits per heavy atom. The highest BCUT2D eigenvalue weighted by molar-refractivity contribution is 7.71. The third-order valence-electron chi connectivity index (χ3n) is 4.49. The molecule has 0 spiro atoms. The van der Waals surface area contributed by atoms with Crippen molar-refractivity contribution >= 4 is 29.8 Å². The Labute approximate surface area is 186 Å². The lowest BCUT2D eigenvalue weighted by molar-refractivity contribution is -0.121. The molecule has 8 nitrogen and oxygen atoms in total. The smallest absolute Gasteiger partial charge is 0.319 e. The first kappa shape index (κ1) is 22.2. The molecule has 0 bridgehead atoms. The van der Waals surface area contributed by atoms with Gasteiger partial charge in [-0.1, -0.05) is 42.0 Å². The lowest BCUT2D eigenvalue weighted by Crippen LogP contribution is -2.34. The summed E-state index contributed by atoms with van der Waals surface area (Å²) in [6, 6.07) is 15.0. The summed E-state index contributed by atoms with van der Waals surface area (Å²) in [6.45, 7) is 6.23. The third-order valence-corrected chi connectivity index (χ3v) is 4.80. The van der Waals surface area contributed by atoms with Gasteiger partial charge in [0.2, 0.25) is 5.91 Å². The van der Waals surface area contributed by atoms with Crippen molar-refractivity contribution in [2.45, 2.75) is 39.9 Å². The summed E-state index contributed by atoms with van der Waals surface area (Å²) in [4.78, 5) is 24.3. The monoisotopic (exact) mass is 438 g/mol. The first-order valence-electron chi connectivity index (χ1n) is 9.97. The maximum atomic E-state index is 12.5. The molecule has 3 rings (SSSR count). The van der Waals surface area contributed by atoms with Crippen LogP contribution in [0.2, 0.25) is 0 Å². The molecule has 4 N–H and O–H groups in total. The fourth-order valence-corrected chi connectivity index (χ4v) is 3.12. The number of hydrogen-bond acceptors (Lipinski definition) is 4. The molecule has 0 atom stereocenters. The lowest BCUT2D eigenvalue weighted by Gasteiger charge is -2.11. The van der Waals surface area contributed by atoms with Crippen LogP contribution in [0.4, 0.5) is 10.5 Å². The van der Waals surface area contributed by atoms with Crippen molar-refractivity contribution in [3.8, 4) is 11.4 Å². The van der Waals surface area contributed by atoms with E-state index in [0.717, 1.165) is 16.7 Å². The highest BCUT2D eigenvalue weighted by Gasteiger charge is 2.12. The molecule has 0 saturated carbocycles. The molecule has 0 aliphatic rings. The van der Waals surface area contributed by atoms with Crippen LogP contribution in [0.3, 0.4) is 0 Å². The van der Waals surface area contributed by atoms with Gasteiger partial charge in [-0.25, -0.2) is 4.79 Å². The number of nitrogens with one attached hydrogen (secondary N) is 4. The maximum absolute atomic E-state index is 12.5. The number of rotatable bonds is 7. The quantitative estimate of drug-likeness (QED) is 0.422. The molecule has 0 saturated heterocycles. The summed E-state index contributed by atoms with van der Waals surface area (Å²) in [7, 11) is 0. The largest absolute Gasteiger partial charge is 0.350 e. The molecule has 2 aromatic carbocycles. The second kappa shape index (κ2) is 10.0. The van der Waals surface area contributed by atoms with E-state index in [1.54, 1.807) is 16.7 Å². The SMILES string of the molecule is Cc1ccc(-c2n[nH]c(=S)n2CC(=O)NCc2ccc(NC(=O)NC(C)C)cc2)cc1. The van der Waals surface area contributed by atoms with Crippen molar-refractivity contribution in [2.24, 2.45) is 0 Å². The Balaban J connectivity index is 1.57. The molecule has 0 unspecified atom stereocenters. The van der Waals surface area contributed by atoms with Crippen molar-refractivity contribution in [2.75, 3.05) is 5.32 Å². The molecule has 31 heavy (non-hydrogen) atoms. The van der Waals surface area contributed by atoms with E-state index in [2.05, 4.69) is 26.1 Å². The molecule has 0 radical (unpaired) electrons. The van der Waals surface area contributed by atoms with E-state index in [1.165, 1.54) is 0 Å². The molecule has 3 amide bonds. The van der Waals surface area contributed by atoms with Crippen molar-refractivity contribution in [1.82, 2.24) is 25.4 Å². The van der Waals surface area contributed by atoms with Gasteiger partial charge in [-0.15, -0.1) is 0 Å². The van der Waals surface area contributed by atoms with Crippen LogP contribution in [-0.4, -0.2) is 32.7 Å².